The molecule has 0 saturated carbocycles. The highest BCUT2D eigenvalue weighted by atomic mass is 19.4. The van der Waals surface area contributed by atoms with Crippen molar-refractivity contribution in [2.75, 3.05) is 6.54 Å². The summed E-state index contributed by atoms with van der Waals surface area (Å²) in [5, 5.41) is 6.49. The van der Waals surface area contributed by atoms with Gasteiger partial charge in [-0.05, 0) is 49.2 Å². The summed E-state index contributed by atoms with van der Waals surface area (Å²) in [5.74, 6) is -1.17. The molecule has 2 aromatic carbocycles. The van der Waals surface area contributed by atoms with Crippen LogP contribution in [0.2, 0.25) is 0 Å². The maximum absolute atomic E-state index is 13.2. The number of hydrogen-bond donors (Lipinski definition) is 1. The number of aromatic nitrogens is 2. The third kappa shape index (κ3) is 4.91. The normalized spacial score (nSPS) is 11.4. The van der Waals surface area contributed by atoms with Crippen molar-refractivity contribution in [1.82, 2.24) is 15.1 Å². The molecule has 0 bridgehead atoms. The zero-order chi connectivity index (χ0) is 21.9. The largest absolute Gasteiger partial charge is 0.416 e. The number of nitrogens with zero attached hydrogens (tertiary/aromatic N) is 2. The van der Waals surface area contributed by atoms with E-state index in [4.69, 9.17) is 0 Å². The molecule has 0 atom stereocenters. The molecule has 1 heterocycles. The van der Waals surface area contributed by atoms with Crippen LogP contribution in [0.15, 0.2) is 59.4 Å². The van der Waals surface area contributed by atoms with E-state index in [-0.39, 0.29) is 17.9 Å². The number of hydrogen-bond acceptors (Lipinski definition) is 3. The Balaban J connectivity index is 1.82. The third-order valence-corrected chi connectivity index (χ3v) is 4.33. The van der Waals surface area contributed by atoms with Crippen molar-refractivity contribution in [3.63, 3.8) is 0 Å². The van der Waals surface area contributed by atoms with Crippen molar-refractivity contribution >= 4 is 5.91 Å². The van der Waals surface area contributed by atoms with Crippen LogP contribution in [-0.4, -0.2) is 22.2 Å². The molecule has 3 aromatic rings. The molecule has 0 aliphatic heterocycles. The lowest BCUT2D eigenvalue weighted by molar-refractivity contribution is -0.137. The van der Waals surface area contributed by atoms with E-state index in [2.05, 4.69) is 10.4 Å². The molecular weight excluding hydrogens is 402 g/mol. The van der Waals surface area contributed by atoms with Crippen LogP contribution in [0.25, 0.3) is 5.69 Å². The van der Waals surface area contributed by atoms with Crippen LogP contribution in [-0.2, 0) is 12.6 Å². The van der Waals surface area contributed by atoms with E-state index in [0.29, 0.717) is 12.0 Å². The molecule has 0 saturated heterocycles. The second-order valence-corrected chi connectivity index (χ2v) is 6.59. The molecule has 1 amide bonds. The lowest BCUT2D eigenvalue weighted by Crippen LogP contribution is -2.33. The highest BCUT2D eigenvalue weighted by Gasteiger charge is 2.30. The number of halogens is 4. The molecule has 0 aliphatic carbocycles. The van der Waals surface area contributed by atoms with Crippen LogP contribution < -0.4 is 10.7 Å². The second kappa shape index (κ2) is 8.48. The fraction of sp³-hybridized carbons (Fsp3) is 0.190. The first-order valence-corrected chi connectivity index (χ1v) is 8.96. The number of aryl methyl sites for hydroxylation is 1. The minimum Gasteiger partial charge on any atom is -0.350 e. The predicted octanol–water partition coefficient (Wildman–Crippen LogP) is 3.67. The topological polar surface area (TPSA) is 64.0 Å². The zero-order valence-electron chi connectivity index (χ0n) is 15.8. The summed E-state index contributed by atoms with van der Waals surface area (Å²) in [4.78, 5) is 24.6. The first-order chi connectivity index (χ1) is 14.1. The van der Waals surface area contributed by atoms with Crippen molar-refractivity contribution in [2.45, 2.75) is 19.5 Å². The van der Waals surface area contributed by atoms with E-state index in [1.54, 1.807) is 12.1 Å². The summed E-state index contributed by atoms with van der Waals surface area (Å²) in [7, 11) is 0. The molecular formula is C21H17F4N3O2. The van der Waals surface area contributed by atoms with E-state index in [1.165, 1.54) is 31.2 Å². The SMILES string of the molecule is Cc1cc(=O)c(C(=O)NCCc2cccc(F)c2)nn1-c1cccc(C(F)(F)F)c1. The number of rotatable bonds is 5. The number of carbonyl (C=O) groups excluding carboxylic acids is 1. The maximum Gasteiger partial charge on any atom is 0.416 e. The molecule has 9 heteroatoms. The minimum atomic E-state index is -4.54. The van der Waals surface area contributed by atoms with Gasteiger partial charge in [0.15, 0.2) is 5.69 Å². The van der Waals surface area contributed by atoms with Gasteiger partial charge in [0, 0.05) is 18.3 Å². The summed E-state index contributed by atoms with van der Waals surface area (Å²) in [6.07, 6.45) is -4.21. The van der Waals surface area contributed by atoms with Gasteiger partial charge in [-0.2, -0.15) is 18.3 Å². The van der Waals surface area contributed by atoms with Gasteiger partial charge in [0.2, 0.25) is 5.43 Å². The summed E-state index contributed by atoms with van der Waals surface area (Å²) in [6.45, 7) is 1.63. The quantitative estimate of drug-likeness (QED) is 0.642. The summed E-state index contributed by atoms with van der Waals surface area (Å²) in [5.41, 5.74) is -0.974. The van der Waals surface area contributed by atoms with Crippen LogP contribution in [0.3, 0.4) is 0 Å². The second-order valence-electron chi connectivity index (χ2n) is 6.59. The molecule has 30 heavy (non-hydrogen) atoms. The van der Waals surface area contributed by atoms with Crippen LogP contribution in [0.5, 0.6) is 0 Å². The Morgan fingerprint density at radius 1 is 1.10 bits per heavy atom. The molecule has 5 nitrogen and oxygen atoms in total. The van der Waals surface area contributed by atoms with Crippen molar-refractivity contribution in [3.05, 3.63) is 93.2 Å². The van der Waals surface area contributed by atoms with Gasteiger partial charge in [0.25, 0.3) is 5.91 Å². The monoisotopic (exact) mass is 419 g/mol. The van der Waals surface area contributed by atoms with Gasteiger partial charge in [0.1, 0.15) is 5.82 Å². The Bertz CT molecular complexity index is 1140. The molecule has 0 spiro atoms. The van der Waals surface area contributed by atoms with Crippen molar-refractivity contribution in [1.29, 1.82) is 0 Å². The van der Waals surface area contributed by atoms with Crippen LogP contribution >= 0.6 is 0 Å². The van der Waals surface area contributed by atoms with Gasteiger partial charge in [-0.3, -0.25) is 9.59 Å². The van der Waals surface area contributed by atoms with Crippen LogP contribution in [0.4, 0.5) is 17.6 Å². The van der Waals surface area contributed by atoms with E-state index < -0.39 is 34.6 Å². The number of alkyl halides is 3. The molecule has 0 unspecified atom stereocenters. The average Bonchev–Trinajstić information content (AvgIpc) is 2.67. The van der Waals surface area contributed by atoms with E-state index in [9.17, 15) is 27.2 Å². The Kier molecular flexibility index (Phi) is 6.00. The van der Waals surface area contributed by atoms with E-state index >= 15 is 0 Å². The average molecular weight is 419 g/mol. The highest BCUT2D eigenvalue weighted by Crippen LogP contribution is 2.30. The number of carbonyl (C=O) groups is 1. The molecule has 1 aromatic heterocycles. The molecule has 0 fully saturated rings. The fourth-order valence-corrected chi connectivity index (χ4v) is 2.88. The number of amides is 1. The smallest absolute Gasteiger partial charge is 0.350 e. The molecule has 156 valence electrons. The lowest BCUT2D eigenvalue weighted by atomic mass is 10.1. The van der Waals surface area contributed by atoms with E-state index in [0.717, 1.165) is 22.9 Å². The van der Waals surface area contributed by atoms with Gasteiger partial charge in [-0.25, -0.2) is 9.07 Å². The highest BCUT2D eigenvalue weighted by molar-refractivity contribution is 5.92. The molecule has 0 radical (unpaired) electrons. The van der Waals surface area contributed by atoms with Crippen molar-refractivity contribution < 1.29 is 22.4 Å². The third-order valence-electron chi connectivity index (χ3n) is 4.33. The van der Waals surface area contributed by atoms with Crippen molar-refractivity contribution in [3.8, 4) is 5.69 Å². The first kappa shape index (κ1) is 21.2. The van der Waals surface area contributed by atoms with Gasteiger partial charge in [0.05, 0.1) is 11.3 Å². The zero-order valence-corrected chi connectivity index (χ0v) is 15.8. The van der Waals surface area contributed by atoms with Crippen LogP contribution in [0.1, 0.15) is 27.3 Å². The van der Waals surface area contributed by atoms with Gasteiger partial charge < -0.3 is 5.32 Å². The number of nitrogens with one attached hydrogen (secondary N) is 1. The Morgan fingerprint density at radius 3 is 2.53 bits per heavy atom. The van der Waals surface area contributed by atoms with Crippen molar-refractivity contribution in [2.24, 2.45) is 0 Å². The number of benzene rings is 2. The Morgan fingerprint density at radius 2 is 1.83 bits per heavy atom. The predicted molar refractivity (Wildman–Crippen MR) is 102 cm³/mol. The standard InChI is InChI=1S/C21H17F4N3O2/c1-13-10-18(29)19(20(30)26-9-8-14-4-2-6-16(22)11-14)27-28(13)17-7-3-5-15(12-17)21(23,24)25/h2-7,10-12H,8-9H2,1H3,(H,26,30). The van der Waals surface area contributed by atoms with Crippen LogP contribution in [0, 0.1) is 12.7 Å². The van der Waals surface area contributed by atoms with Gasteiger partial charge in [-0.1, -0.05) is 18.2 Å². The minimum absolute atomic E-state index is 0.0659. The molecule has 1 N–H and O–H groups in total. The van der Waals surface area contributed by atoms with Gasteiger partial charge in [-0.15, -0.1) is 0 Å². The van der Waals surface area contributed by atoms with E-state index in [1.807, 2.05) is 0 Å². The maximum atomic E-state index is 13.2. The Labute approximate surface area is 169 Å². The summed E-state index contributed by atoms with van der Waals surface area (Å²) in [6, 6.07) is 11.4. The molecule has 0 aliphatic rings. The Hall–Kier alpha value is -3.49. The summed E-state index contributed by atoms with van der Waals surface area (Å²) < 4.78 is 53.3. The summed E-state index contributed by atoms with van der Waals surface area (Å²) >= 11 is 0. The first-order valence-electron chi connectivity index (χ1n) is 8.96. The van der Waals surface area contributed by atoms with Gasteiger partial charge >= 0.3 is 6.18 Å². The fourth-order valence-electron chi connectivity index (χ4n) is 2.88. The molecule has 3 rings (SSSR count). The lowest BCUT2D eigenvalue weighted by Gasteiger charge is -2.13.